The van der Waals surface area contributed by atoms with Gasteiger partial charge in [0.15, 0.2) is 0 Å². The van der Waals surface area contributed by atoms with Gasteiger partial charge in [0.25, 0.3) is 5.69 Å². The third-order valence-corrected chi connectivity index (χ3v) is 3.99. The Hall–Kier alpha value is -0.880. The number of rotatable bonds is 4. The molecule has 0 bridgehead atoms. The van der Waals surface area contributed by atoms with Crippen LogP contribution in [0.4, 0.5) is 5.69 Å². The molecule has 1 atom stereocenters. The molecule has 0 heterocycles. The average Bonchev–Trinajstić information content (AvgIpc) is 2.26. The van der Waals surface area contributed by atoms with Gasteiger partial charge in [0.05, 0.1) is 14.6 Å². The van der Waals surface area contributed by atoms with Crippen LogP contribution in [0.3, 0.4) is 0 Å². The van der Waals surface area contributed by atoms with Crippen LogP contribution in [0.1, 0.15) is 17.3 Å². The van der Waals surface area contributed by atoms with Crippen molar-refractivity contribution < 1.29 is 9.72 Å². The van der Waals surface area contributed by atoms with Crippen molar-refractivity contribution in [2.75, 3.05) is 6.26 Å². The molecule has 1 unspecified atom stereocenters. The molecule has 4 nitrogen and oxygen atoms in total. The van der Waals surface area contributed by atoms with Gasteiger partial charge in [-0.15, -0.1) is 11.8 Å². The number of hydrogen-bond acceptors (Lipinski definition) is 4. The third kappa shape index (κ3) is 2.82. The highest BCUT2D eigenvalue weighted by atomic mass is 79.9. The lowest BCUT2D eigenvalue weighted by molar-refractivity contribution is -0.387. The van der Waals surface area contributed by atoms with Crippen LogP contribution in [0.25, 0.3) is 0 Å². The van der Waals surface area contributed by atoms with E-state index in [4.69, 9.17) is 0 Å². The molecule has 16 heavy (non-hydrogen) atoms. The van der Waals surface area contributed by atoms with Crippen molar-refractivity contribution in [3.8, 4) is 0 Å². The van der Waals surface area contributed by atoms with Crippen LogP contribution in [0.15, 0.2) is 23.1 Å². The number of nitro groups is 1. The first kappa shape index (κ1) is 13.2. The maximum absolute atomic E-state index is 11.2. The van der Waals surface area contributed by atoms with Gasteiger partial charge in [-0.3, -0.25) is 14.9 Å². The van der Waals surface area contributed by atoms with E-state index in [1.54, 1.807) is 18.4 Å². The molecule has 0 radical (unpaired) electrons. The number of Topliss-reactive ketones (excluding diaryl/α,β-unsaturated/α-hetero) is 1. The van der Waals surface area contributed by atoms with Crippen LogP contribution in [-0.2, 0) is 4.79 Å². The number of benzene rings is 1. The Morgan fingerprint density at radius 1 is 1.56 bits per heavy atom. The van der Waals surface area contributed by atoms with Crippen LogP contribution in [0.5, 0.6) is 0 Å². The number of hydrogen-bond donors (Lipinski definition) is 0. The highest BCUT2D eigenvalue weighted by molar-refractivity contribution is 9.09. The van der Waals surface area contributed by atoms with Gasteiger partial charge < -0.3 is 0 Å². The first-order valence-electron chi connectivity index (χ1n) is 4.44. The zero-order chi connectivity index (χ0) is 12.3. The molecule has 0 aliphatic carbocycles. The van der Waals surface area contributed by atoms with E-state index < -0.39 is 9.75 Å². The summed E-state index contributed by atoms with van der Waals surface area (Å²) < 4.78 is 0. The number of halogens is 1. The Morgan fingerprint density at radius 2 is 2.19 bits per heavy atom. The van der Waals surface area contributed by atoms with Crippen molar-refractivity contribution in [3.05, 3.63) is 33.9 Å². The van der Waals surface area contributed by atoms with Gasteiger partial charge in [0.1, 0.15) is 5.78 Å². The predicted octanol–water partition coefficient (Wildman–Crippen LogP) is 3.34. The number of nitrogens with zero attached hydrogens (tertiary/aromatic N) is 1. The summed E-state index contributed by atoms with van der Waals surface area (Å²) in [4.78, 5) is 21.6. The van der Waals surface area contributed by atoms with E-state index in [2.05, 4.69) is 15.9 Å². The molecule has 0 amide bonds. The molecule has 86 valence electrons. The van der Waals surface area contributed by atoms with Crippen LogP contribution >= 0.6 is 27.7 Å². The highest BCUT2D eigenvalue weighted by Crippen LogP contribution is 2.33. The minimum atomic E-state index is -0.424. The monoisotopic (exact) mass is 303 g/mol. The fourth-order valence-corrected chi connectivity index (χ4v) is 2.13. The molecule has 1 aromatic carbocycles. The molecule has 0 aliphatic rings. The van der Waals surface area contributed by atoms with E-state index in [-0.39, 0.29) is 11.5 Å². The molecular formula is C10H10BrNO3S. The molecule has 0 fully saturated rings. The minimum absolute atomic E-state index is 0.0269. The van der Waals surface area contributed by atoms with Crippen molar-refractivity contribution in [1.82, 2.24) is 0 Å². The number of alkyl halides is 1. The molecular weight excluding hydrogens is 294 g/mol. The topological polar surface area (TPSA) is 60.2 Å². The van der Waals surface area contributed by atoms with Crippen LogP contribution < -0.4 is 0 Å². The molecule has 0 aliphatic heterocycles. The third-order valence-electron chi connectivity index (χ3n) is 2.05. The summed E-state index contributed by atoms with van der Waals surface area (Å²) in [6, 6.07) is 4.70. The number of ketones is 1. The Labute approximate surface area is 106 Å². The highest BCUT2D eigenvalue weighted by Gasteiger charge is 2.18. The van der Waals surface area contributed by atoms with Gasteiger partial charge in [0, 0.05) is 6.07 Å². The van der Waals surface area contributed by atoms with Gasteiger partial charge in [-0.2, -0.15) is 0 Å². The van der Waals surface area contributed by atoms with Gasteiger partial charge in [-0.05, 0) is 24.8 Å². The van der Waals surface area contributed by atoms with Gasteiger partial charge in [-0.25, -0.2) is 0 Å². The lowest BCUT2D eigenvalue weighted by Gasteiger charge is -2.07. The second kappa shape index (κ2) is 5.45. The van der Waals surface area contributed by atoms with E-state index in [1.165, 1.54) is 24.8 Å². The van der Waals surface area contributed by atoms with E-state index >= 15 is 0 Å². The Morgan fingerprint density at radius 3 is 2.62 bits per heavy atom. The lowest BCUT2D eigenvalue weighted by atomic mass is 10.1. The second-order valence-electron chi connectivity index (χ2n) is 3.16. The summed E-state index contributed by atoms with van der Waals surface area (Å²) >= 11 is 4.54. The molecule has 0 saturated carbocycles. The molecule has 0 spiro atoms. The standard InChI is InChI=1S/C10H10BrNO3S/c1-6(13)10(11)7-3-4-8(12(14)15)9(5-7)16-2/h3-5,10H,1-2H3. The number of carbonyl (C=O) groups excluding carboxylic acids is 1. The zero-order valence-electron chi connectivity index (χ0n) is 8.77. The SMILES string of the molecule is CSc1cc(C(Br)C(C)=O)ccc1[N+](=O)[O-]. The van der Waals surface area contributed by atoms with E-state index in [9.17, 15) is 14.9 Å². The molecule has 0 saturated heterocycles. The largest absolute Gasteiger partial charge is 0.298 e. The van der Waals surface area contributed by atoms with Gasteiger partial charge >= 0.3 is 0 Å². The summed E-state index contributed by atoms with van der Waals surface area (Å²) in [6.07, 6.45) is 1.77. The van der Waals surface area contributed by atoms with Crippen molar-refractivity contribution in [3.63, 3.8) is 0 Å². The number of nitro benzene ring substituents is 1. The quantitative estimate of drug-likeness (QED) is 0.370. The molecule has 6 heteroatoms. The average molecular weight is 304 g/mol. The first-order valence-corrected chi connectivity index (χ1v) is 6.58. The molecule has 0 N–H and O–H groups in total. The van der Waals surface area contributed by atoms with Crippen molar-refractivity contribution >= 4 is 39.2 Å². The summed E-state index contributed by atoms with van der Waals surface area (Å²) in [7, 11) is 0. The summed E-state index contributed by atoms with van der Waals surface area (Å²) in [5.41, 5.74) is 0.807. The molecule has 0 aromatic heterocycles. The second-order valence-corrected chi connectivity index (χ2v) is 4.93. The summed E-state index contributed by atoms with van der Waals surface area (Å²) in [5, 5.41) is 10.7. The first-order chi connectivity index (χ1) is 7.47. The smallest absolute Gasteiger partial charge is 0.282 e. The number of thioether (sulfide) groups is 1. The summed E-state index contributed by atoms with van der Waals surface area (Å²) in [6.45, 7) is 1.47. The normalized spacial score (nSPS) is 12.2. The predicted molar refractivity (Wildman–Crippen MR) is 67.2 cm³/mol. The lowest BCUT2D eigenvalue weighted by Crippen LogP contribution is -2.01. The summed E-state index contributed by atoms with van der Waals surface area (Å²) in [5.74, 6) is -0.0269. The fraction of sp³-hybridized carbons (Fsp3) is 0.300. The fourth-order valence-electron chi connectivity index (χ4n) is 1.24. The number of carbonyl (C=O) groups is 1. The Kier molecular flexibility index (Phi) is 4.49. The minimum Gasteiger partial charge on any atom is -0.298 e. The van der Waals surface area contributed by atoms with Crippen LogP contribution in [0, 0.1) is 10.1 Å². The van der Waals surface area contributed by atoms with Crippen LogP contribution in [-0.4, -0.2) is 17.0 Å². The zero-order valence-corrected chi connectivity index (χ0v) is 11.2. The van der Waals surface area contributed by atoms with E-state index in [0.29, 0.717) is 4.90 Å². The maximum Gasteiger partial charge on any atom is 0.282 e. The van der Waals surface area contributed by atoms with Gasteiger partial charge in [-0.1, -0.05) is 22.0 Å². The Bertz CT molecular complexity index is 436. The van der Waals surface area contributed by atoms with Crippen molar-refractivity contribution in [1.29, 1.82) is 0 Å². The van der Waals surface area contributed by atoms with Crippen molar-refractivity contribution in [2.45, 2.75) is 16.6 Å². The van der Waals surface area contributed by atoms with E-state index in [1.807, 2.05) is 0 Å². The molecule has 1 aromatic rings. The van der Waals surface area contributed by atoms with Crippen LogP contribution in [0.2, 0.25) is 0 Å². The maximum atomic E-state index is 11.2. The molecule has 1 rings (SSSR count). The van der Waals surface area contributed by atoms with Crippen molar-refractivity contribution in [2.24, 2.45) is 0 Å². The van der Waals surface area contributed by atoms with Gasteiger partial charge in [0.2, 0.25) is 0 Å². The van der Waals surface area contributed by atoms with E-state index in [0.717, 1.165) is 5.56 Å². The Balaban J connectivity index is 3.18.